The van der Waals surface area contributed by atoms with Gasteiger partial charge in [-0.2, -0.15) is 13.2 Å². The van der Waals surface area contributed by atoms with Crippen molar-refractivity contribution in [3.05, 3.63) is 65.2 Å². The lowest BCUT2D eigenvalue weighted by Crippen LogP contribution is -3.07. The van der Waals surface area contributed by atoms with Gasteiger partial charge in [0.2, 0.25) is 0 Å². The third-order valence-corrected chi connectivity index (χ3v) is 4.43. The number of rotatable bonds is 6. The highest BCUT2D eigenvalue weighted by molar-refractivity contribution is 5.94. The summed E-state index contributed by atoms with van der Waals surface area (Å²) in [5, 5.41) is 2.76. The Hall–Kier alpha value is -2.54. The number of benzene rings is 2. The predicted octanol–water partition coefficient (Wildman–Crippen LogP) is 2.39. The minimum Gasteiger partial charge on any atom is -0.378 e. The minimum absolute atomic E-state index is 0.000266. The van der Waals surface area contributed by atoms with Gasteiger partial charge in [0.15, 0.2) is 0 Å². The van der Waals surface area contributed by atoms with Crippen molar-refractivity contribution < 1.29 is 22.9 Å². The first-order chi connectivity index (χ1) is 12.6. The Morgan fingerprint density at radius 1 is 1.11 bits per heavy atom. The summed E-state index contributed by atoms with van der Waals surface area (Å²) in [5.41, 5.74) is 1.29. The molecular formula is C20H25F3N3O+. The largest absolute Gasteiger partial charge is 0.416 e. The molecule has 0 aliphatic rings. The second kappa shape index (κ2) is 8.43. The van der Waals surface area contributed by atoms with Gasteiger partial charge in [-0.1, -0.05) is 18.2 Å². The van der Waals surface area contributed by atoms with Crippen LogP contribution in [0.15, 0.2) is 48.5 Å². The van der Waals surface area contributed by atoms with Crippen molar-refractivity contribution in [2.24, 2.45) is 0 Å². The molecule has 0 unspecified atom stereocenters. The number of halogens is 3. The highest BCUT2D eigenvalue weighted by Gasteiger charge is 2.31. The molecule has 2 N–H and O–H groups in total. The number of nitrogens with one attached hydrogen (secondary N) is 2. The number of carbonyl (C=O) groups excluding carboxylic acids is 1. The van der Waals surface area contributed by atoms with Crippen molar-refractivity contribution in [1.82, 2.24) is 5.32 Å². The van der Waals surface area contributed by atoms with E-state index < -0.39 is 17.6 Å². The number of nitrogens with zero attached hydrogens (tertiary/aromatic N) is 1. The van der Waals surface area contributed by atoms with Crippen molar-refractivity contribution in [3.63, 3.8) is 0 Å². The summed E-state index contributed by atoms with van der Waals surface area (Å²) in [6.45, 7) is 0.318. The van der Waals surface area contributed by atoms with Gasteiger partial charge in [-0.3, -0.25) is 4.79 Å². The number of hydrogen-bond donors (Lipinski definition) is 2. The Balaban J connectivity index is 2.11. The predicted molar refractivity (Wildman–Crippen MR) is 100 cm³/mol. The van der Waals surface area contributed by atoms with E-state index in [1.165, 1.54) is 12.1 Å². The summed E-state index contributed by atoms with van der Waals surface area (Å²) in [4.78, 5) is 15.4. The van der Waals surface area contributed by atoms with Gasteiger partial charge in [0.1, 0.15) is 6.04 Å². The Morgan fingerprint density at radius 2 is 1.74 bits per heavy atom. The van der Waals surface area contributed by atoms with Gasteiger partial charge >= 0.3 is 6.18 Å². The van der Waals surface area contributed by atoms with E-state index in [2.05, 4.69) is 5.32 Å². The number of likely N-dealkylation sites (N-methyl/N-ethyl adjacent to an activating group) is 1. The molecule has 2 aromatic carbocycles. The Bertz CT molecular complexity index is 771. The molecule has 0 saturated carbocycles. The quantitative estimate of drug-likeness (QED) is 0.808. The lowest BCUT2D eigenvalue weighted by molar-refractivity contribution is -0.890. The van der Waals surface area contributed by atoms with Gasteiger partial charge in [-0.05, 0) is 30.3 Å². The second-order valence-corrected chi connectivity index (χ2v) is 6.90. The maximum absolute atomic E-state index is 12.8. The Labute approximate surface area is 157 Å². The third kappa shape index (κ3) is 5.47. The van der Waals surface area contributed by atoms with Crippen LogP contribution in [0.5, 0.6) is 0 Å². The number of quaternary nitrogens is 1. The molecule has 1 atom stereocenters. The van der Waals surface area contributed by atoms with Gasteiger partial charge in [0.25, 0.3) is 5.91 Å². The molecule has 27 heavy (non-hydrogen) atoms. The molecule has 146 valence electrons. The molecule has 4 nitrogen and oxygen atoms in total. The number of amides is 1. The summed E-state index contributed by atoms with van der Waals surface area (Å²) in [6.07, 6.45) is -4.47. The summed E-state index contributed by atoms with van der Waals surface area (Å²) < 4.78 is 38.5. The van der Waals surface area contributed by atoms with Gasteiger partial charge in [0.05, 0.1) is 26.2 Å². The molecule has 0 fully saturated rings. The zero-order valence-electron chi connectivity index (χ0n) is 15.9. The Kier molecular flexibility index (Phi) is 6.49. The van der Waals surface area contributed by atoms with Crippen molar-refractivity contribution in [1.29, 1.82) is 0 Å². The zero-order chi connectivity index (χ0) is 20.2. The molecule has 2 rings (SSSR count). The molecule has 7 heteroatoms. The maximum atomic E-state index is 12.8. The summed E-state index contributed by atoms with van der Waals surface area (Å²) in [7, 11) is 7.86. The van der Waals surface area contributed by atoms with Gasteiger partial charge in [-0.25, -0.2) is 0 Å². The van der Waals surface area contributed by atoms with E-state index in [1.807, 2.05) is 57.4 Å². The van der Waals surface area contributed by atoms with E-state index in [0.717, 1.165) is 28.3 Å². The standard InChI is InChI=1S/C20H24F3N3O/c1-25(2)17-10-8-14(9-11-17)18(26(3)4)13-24-19(27)15-6-5-7-16(12-15)20(21,22)23/h5-12,18H,13H2,1-4H3,(H,24,27)/p+1/t18-/m1/s1. The van der Waals surface area contributed by atoms with Crippen LogP contribution in [0.2, 0.25) is 0 Å². The first-order valence-electron chi connectivity index (χ1n) is 8.62. The lowest BCUT2D eigenvalue weighted by atomic mass is 10.0. The molecule has 1 amide bonds. The average molecular weight is 380 g/mol. The smallest absolute Gasteiger partial charge is 0.378 e. The van der Waals surface area contributed by atoms with Crippen LogP contribution in [-0.4, -0.2) is 40.6 Å². The fraction of sp³-hybridized carbons (Fsp3) is 0.350. The van der Waals surface area contributed by atoms with Gasteiger partial charge < -0.3 is 15.1 Å². The molecule has 0 aliphatic carbocycles. The van der Waals surface area contributed by atoms with Crippen LogP contribution in [0.25, 0.3) is 0 Å². The van der Waals surface area contributed by atoms with Crippen molar-refractivity contribution in [2.45, 2.75) is 12.2 Å². The van der Waals surface area contributed by atoms with Crippen molar-refractivity contribution in [2.75, 3.05) is 39.6 Å². The number of anilines is 1. The Morgan fingerprint density at radius 3 is 2.26 bits per heavy atom. The first kappa shape index (κ1) is 20.8. The number of carbonyl (C=O) groups is 1. The van der Waals surface area contributed by atoms with E-state index in [9.17, 15) is 18.0 Å². The fourth-order valence-electron chi connectivity index (χ4n) is 2.79. The third-order valence-electron chi connectivity index (χ3n) is 4.43. The number of alkyl halides is 3. The number of hydrogen-bond acceptors (Lipinski definition) is 2. The lowest BCUT2D eigenvalue weighted by Gasteiger charge is -2.23. The molecule has 0 heterocycles. The molecule has 0 saturated heterocycles. The molecule has 2 aromatic rings. The molecule has 0 spiro atoms. The summed E-state index contributed by atoms with van der Waals surface area (Å²) in [5.74, 6) is -0.516. The van der Waals surface area contributed by atoms with E-state index >= 15 is 0 Å². The summed E-state index contributed by atoms with van der Waals surface area (Å²) >= 11 is 0. The van der Waals surface area contributed by atoms with Crippen LogP contribution in [-0.2, 0) is 6.18 Å². The van der Waals surface area contributed by atoms with Crippen LogP contribution in [0.1, 0.15) is 27.5 Å². The average Bonchev–Trinajstić information content (AvgIpc) is 2.61. The van der Waals surface area contributed by atoms with E-state index in [1.54, 1.807) is 0 Å². The van der Waals surface area contributed by atoms with Gasteiger partial charge in [0, 0.05) is 30.9 Å². The van der Waals surface area contributed by atoms with Crippen LogP contribution >= 0.6 is 0 Å². The van der Waals surface area contributed by atoms with Crippen molar-refractivity contribution >= 4 is 11.6 Å². The van der Waals surface area contributed by atoms with Crippen LogP contribution in [0.3, 0.4) is 0 Å². The van der Waals surface area contributed by atoms with E-state index in [-0.39, 0.29) is 11.6 Å². The van der Waals surface area contributed by atoms with E-state index in [4.69, 9.17) is 0 Å². The molecule has 0 radical (unpaired) electrons. The van der Waals surface area contributed by atoms with Gasteiger partial charge in [-0.15, -0.1) is 0 Å². The molecular weight excluding hydrogens is 355 g/mol. The molecule has 0 aliphatic heterocycles. The molecule has 0 bridgehead atoms. The van der Waals surface area contributed by atoms with Crippen LogP contribution < -0.4 is 15.1 Å². The topological polar surface area (TPSA) is 36.8 Å². The normalized spacial score (nSPS) is 12.7. The van der Waals surface area contributed by atoms with Crippen LogP contribution in [0.4, 0.5) is 18.9 Å². The van der Waals surface area contributed by atoms with Crippen molar-refractivity contribution in [3.8, 4) is 0 Å². The monoisotopic (exact) mass is 380 g/mol. The van der Waals surface area contributed by atoms with Crippen LogP contribution in [0, 0.1) is 0 Å². The summed E-state index contributed by atoms with van der Waals surface area (Å²) in [6, 6.07) is 12.4. The highest BCUT2D eigenvalue weighted by Crippen LogP contribution is 2.29. The SMILES string of the molecule is CN(C)c1ccc([C@@H](CNC(=O)c2cccc(C(F)(F)F)c2)[NH+](C)C)cc1. The second-order valence-electron chi connectivity index (χ2n) is 6.90. The fourth-order valence-corrected chi connectivity index (χ4v) is 2.79. The molecule has 0 aromatic heterocycles. The highest BCUT2D eigenvalue weighted by atomic mass is 19.4. The van der Waals surface area contributed by atoms with E-state index in [0.29, 0.717) is 6.54 Å². The zero-order valence-corrected chi connectivity index (χ0v) is 15.9. The first-order valence-corrected chi connectivity index (χ1v) is 8.62. The maximum Gasteiger partial charge on any atom is 0.416 e. The minimum atomic E-state index is -4.47.